The third kappa shape index (κ3) is 9.04. The van der Waals surface area contributed by atoms with Crippen LogP contribution < -0.4 is 5.32 Å². The van der Waals surface area contributed by atoms with Gasteiger partial charge in [0.2, 0.25) is 0 Å². The molecule has 3 rings (SSSR count). The van der Waals surface area contributed by atoms with E-state index in [0.29, 0.717) is 15.4 Å². The Balaban J connectivity index is 1.73. The summed E-state index contributed by atoms with van der Waals surface area (Å²) in [7, 11) is 0. The van der Waals surface area contributed by atoms with E-state index in [1.54, 1.807) is 81.4 Å². The normalized spacial score (nSPS) is 15.5. The number of carbonyl (C=O) groups excluding carboxylic acids is 5. The second kappa shape index (κ2) is 14.1. The van der Waals surface area contributed by atoms with Gasteiger partial charge in [0.05, 0.1) is 6.54 Å². The number of alkyl carbamates (subject to hydrolysis) is 1. The minimum atomic E-state index is -1.76. The van der Waals surface area contributed by atoms with Crippen molar-refractivity contribution < 1.29 is 48.1 Å². The molecule has 2 atom stereocenters. The SMILES string of the molecule is CC(C)(C)OC(=O)NC(CCC(=O)OCc1ccccc1)C(=O)N1C(=O)N(C(=O)OCc2ccccc2)C[C@H]1C(=O)O. The van der Waals surface area contributed by atoms with Gasteiger partial charge in [-0.25, -0.2) is 29.0 Å². The number of imide groups is 2. The zero-order valence-electron chi connectivity index (χ0n) is 23.5. The first kappa shape index (κ1) is 31.6. The van der Waals surface area contributed by atoms with Gasteiger partial charge in [-0.2, -0.15) is 0 Å². The number of ether oxygens (including phenoxy) is 3. The minimum absolute atomic E-state index is 0.0243. The fourth-order valence-electron chi connectivity index (χ4n) is 3.93. The van der Waals surface area contributed by atoms with E-state index >= 15 is 0 Å². The van der Waals surface area contributed by atoms with Crippen LogP contribution in [0.15, 0.2) is 60.7 Å². The van der Waals surface area contributed by atoms with Gasteiger partial charge in [0.25, 0.3) is 5.91 Å². The molecule has 1 fully saturated rings. The molecular formula is C29H33N3O10. The van der Waals surface area contributed by atoms with Crippen molar-refractivity contribution in [2.75, 3.05) is 6.54 Å². The molecule has 2 N–H and O–H groups in total. The van der Waals surface area contributed by atoms with E-state index in [9.17, 15) is 33.9 Å². The van der Waals surface area contributed by atoms with E-state index in [1.807, 2.05) is 0 Å². The Morgan fingerprint density at radius 3 is 2.00 bits per heavy atom. The lowest BCUT2D eigenvalue weighted by atomic mass is 10.1. The van der Waals surface area contributed by atoms with Gasteiger partial charge in [-0.15, -0.1) is 0 Å². The van der Waals surface area contributed by atoms with E-state index in [4.69, 9.17) is 14.2 Å². The fraction of sp³-hybridized carbons (Fsp3) is 0.379. The van der Waals surface area contributed by atoms with E-state index in [-0.39, 0.29) is 26.1 Å². The average molecular weight is 584 g/mol. The number of urea groups is 1. The van der Waals surface area contributed by atoms with Crippen LogP contribution in [-0.4, -0.2) is 75.2 Å². The van der Waals surface area contributed by atoms with Crippen LogP contribution in [0, 0.1) is 0 Å². The minimum Gasteiger partial charge on any atom is -0.480 e. The van der Waals surface area contributed by atoms with Gasteiger partial charge in [0.15, 0.2) is 6.04 Å². The summed E-state index contributed by atoms with van der Waals surface area (Å²) in [5.41, 5.74) is 0.413. The second-order valence-electron chi connectivity index (χ2n) is 10.4. The summed E-state index contributed by atoms with van der Waals surface area (Å²) in [4.78, 5) is 77.2. The van der Waals surface area contributed by atoms with Crippen LogP contribution in [0.4, 0.5) is 14.4 Å². The summed E-state index contributed by atoms with van der Waals surface area (Å²) in [6, 6.07) is 12.9. The number of hydrogen-bond acceptors (Lipinski definition) is 9. The Kier molecular flexibility index (Phi) is 10.6. The fourth-order valence-corrected chi connectivity index (χ4v) is 3.93. The number of aliphatic carboxylic acids is 1. The standard InChI is InChI=1S/C29H33N3O10/c1-29(2,3)42-26(37)30-21(14-15-23(33)40-17-19-10-6-4-7-11-19)24(34)32-22(25(35)36)16-31(27(32)38)28(39)41-18-20-12-8-5-9-13-20/h4-13,21-22H,14-18H2,1-3H3,(H,30,37)(H,35,36)/t21?,22-/m0/s1. The largest absolute Gasteiger partial charge is 0.480 e. The van der Waals surface area contributed by atoms with Crippen molar-refractivity contribution in [2.24, 2.45) is 0 Å². The lowest BCUT2D eigenvalue weighted by Crippen LogP contribution is -2.54. The van der Waals surface area contributed by atoms with Crippen LogP contribution in [-0.2, 0) is 41.8 Å². The molecule has 42 heavy (non-hydrogen) atoms. The molecular weight excluding hydrogens is 550 g/mol. The van der Waals surface area contributed by atoms with Crippen LogP contribution in [0.1, 0.15) is 44.7 Å². The van der Waals surface area contributed by atoms with Gasteiger partial charge in [-0.05, 0) is 38.3 Å². The summed E-state index contributed by atoms with van der Waals surface area (Å²) in [6.07, 6.45) is -2.88. The molecule has 13 heteroatoms. The predicted molar refractivity (Wildman–Crippen MR) is 146 cm³/mol. The molecule has 2 aromatic carbocycles. The Bertz CT molecular complexity index is 1290. The lowest BCUT2D eigenvalue weighted by Gasteiger charge is -2.26. The first-order valence-corrected chi connectivity index (χ1v) is 13.1. The van der Waals surface area contributed by atoms with Gasteiger partial charge < -0.3 is 24.6 Å². The first-order chi connectivity index (χ1) is 19.9. The molecule has 5 amide bonds. The highest BCUT2D eigenvalue weighted by molar-refractivity contribution is 6.08. The van der Waals surface area contributed by atoms with Crippen molar-refractivity contribution in [1.82, 2.24) is 15.1 Å². The van der Waals surface area contributed by atoms with Crippen LogP contribution in [0.25, 0.3) is 0 Å². The summed E-state index contributed by atoms with van der Waals surface area (Å²) < 4.78 is 15.6. The van der Waals surface area contributed by atoms with Gasteiger partial charge in [0.1, 0.15) is 24.9 Å². The Morgan fingerprint density at radius 2 is 1.48 bits per heavy atom. The van der Waals surface area contributed by atoms with E-state index in [0.717, 1.165) is 5.56 Å². The maximum atomic E-state index is 13.6. The van der Waals surface area contributed by atoms with Crippen molar-refractivity contribution in [1.29, 1.82) is 0 Å². The number of amides is 5. The monoisotopic (exact) mass is 583 g/mol. The summed E-state index contributed by atoms with van der Waals surface area (Å²) in [6.45, 7) is 3.88. The second-order valence-corrected chi connectivity index (χ2v) is 10.4. The average Bonchev–Trinajstić information content (AvgIpc) is 3.30. The van der Waals surface area contributed by atoms with Gasteiger partial charge in [0, 0.05) is 6.42 Å². The molecule has 0 saturated carbocycles. The van der Waals surface area contributed by atoms with Crippen LogP contribution in [0.2, 0.25) is 0 Å². The first-order valence-electron chi connectivity index (χ1n) is 13.1. The van der Waals surface area contributed by atoms with E-state index in [1.165, 1.54) is 0 Å². The Hall–Kier alpha value is -4.94. The number of benzene rings is 2. The van der Waals surface area contributed by atoms with Crippen molar-refractivity contribution in [3.63, 3.8) is 0 Å². The predicted octanol–water partition coefficient (Wildman–Crippen LogP) is 3.46. The third-order valence-corrected chi connectivity index (χ3v) is 5.92. The Labute approximate surface area is 242 Å². The number of hydrogen-bond donors (Lipinski definition) is 2. The zero-order valence-corrected chi connectivity index (χ0v) is 23.5. The third-order valence-electron chi connectivity index (χ3n) is 5.92. The number of rotatable bonds is 10. The van der Waals surface area contributed by atoms with Crippen molar-refractivity contribution in [3.8, 4) is 0 Å². The van der Waals surface area contributed by atoms with Crippen LogP contribution in [0.5, 0.6) is 0 Å². The van der Waals surface area contributed by atoms with E-state index in [2.05, 4.69) is 5.32 Å². The molecule has 0 aromatic heterocycles. The Morgan fingerprint density at radius 1 is 0.929 bits per heavy atom. The molecule has 2 aromatic rings. The lowest BCUT2D eigenvalue weighted by molar-refractivity contribution is -0.148. The van der Waals surface area contributed by atoms with Crippen LogP contribution in [0.3, 0.4) is 0 Å². The number of carboxylic acid groups (broad SMARTS) is 1. The molecule has 1 heterocycles. The molecule has 224 valence electrons. The molecule has 0 bridgehead atoms. The molecule has 1 aliphatic rings. The number of carboxylic acids is 1. The maximum Gasteiger partial charge on any atom is 0.418 e. The number of nitrogens with one attached hydrogen (secondary N) is 1. The molecule has 0 radical (unpaired) electrons. The van der Waals surface area contributed by atoms with Crippen LogP contribution >= 0.6 is 0 Å². The summed E-state index contributed by atoms with van der Waals surface area (Å²) >= 11 is 0. The maximum absolute atomic E-state index is 13.6. The molecule has 13 nitrogen and oxygen atoms in total. The van der Waals surface area contributed by atoms with Gasteiger partial charge in [-0.1, -0.05) is 60.7 Å². The van der Waals surface area contributed by atoms with Gasteiger partial charge in [-0.3, -0.25) is 9.59 Å². The van der Waals surface area contributed by atoms with Gasteiger partial charge >= 0.3 is 30.2 Å². The van der Waals surface area contributed by atoms with Crippen molar-refractivity contribution >= 4 is 36.1 Å². The van der Waals surface area contributed by atoms with E-state index < -0.39 is 60.3 Å². The topological polar surface area (TPSA) is 169 Å². The molecule has 0 spiro atoms. The molecule has 1 unspecified atom stereocenters. The highest BCUT2D eigenvalue weighted by Crippen LogP contribution is 2.21. The smallest absolute Gasteiger partial charge is 0.418 e. The number of esters is 1. The zero-order chi connectivity index (χ0) is 30.9. The van der Waals surface area contributed by atoms with Crippen molar-refractivity contribution in [3.05, 3.63) is 71.8 Å². The molecule has 1 aliphatic heterocycles. The number of nitrogens with zero attached hydrogens (tertiary/aromatic N) is 2. The van der Waals surface area contributed by atoms with Crippen molar-refractivity contribution in [2.45, 2.75) is 64.5 Å². The summed E-state index contributed by atoms with van der Waals surface area (Å²) in [5.74, 6) is -3.41. The quantitative estimate of drug-likeness (QED) is 0.312. The summed E-state index contributed by atoms with van der Waals surface area (Å²) in [5, 5.41) is 12.1. The molecule has 1 saturated heterocycles. The molecule has 0 aliphatic carbocycles. The highest BCUT2D eigenvalue weighted by atomic mass is 16.6. The highest BCUT2D eigenvalue weighted by Gasteiger charge is 2.50. The number of carbonyl (C=O) groups is 6.